The van der Waals surface area contributed by atoms with Gasteiger partial charge in [0.15, 0.2) is 11.5 Å². The fourth-order valence-corrected chi connectivity index (χ4v) is 5.00. The number of hydrogen-bond donors (Lipinski definition) is 0. The van der Waals surface area contributed by atoms with Crippen LogP contribution in [0.3, 0.4) is 0 Å². The molecule has 1 heterocycles. The van der Waals surface area contributed by atoms with Gasteiger partial charge in [-0.1, -0.05) is 30.3 Å². The van der Waals surface area contributed by atoms with Crippen LogP contribution >= 0.6 is 0 Å². The van der Waals surface area contributed by atoms with Crippen LogP contribution in [-0.2, 0) is 0 Å². The van der Waals surface area contributed by atoms with Gasteiger partial charge in [0.05, 0.1) is 5.56 Å². The number of rotatable bonds is 4. The number of hydrogen-bond acceptors (Lipinski definition) is 4. The van der Waals surface area contributed by atoms with Gasteiger partial charge < -0.3 is 9.32 Å². The molecule has 4 nitrogen and oxygen atoms in total. The Bertz CT molecular complexity index is 1100. The van der Waals surface area contributed by atoms with E-state index in [1.54, 1.807) is 0 Å². The number of oxazole rings is 1. The number of fused-ring (bicyclic) bond motifs is 1. The van der Waals surface area contributed by atoms with Gasteiger partial charge in [-0.25, -0.2) is 4.98 Å². The van der Waals surface area contributed by atoms with E-state index in [0.29, 0.717) is 23.4 Å². The second-order valence-electron chi connectivity index (χ2n) is 8.90. The van der Waals surface area contributed by atoms with E-state index in [4.69, 9.17) is 9.40 Å². The minimum atomic E-state index is 0.423. The standard InChI is InChI=1S/C25H27N3O/c1-15-20(14-26)23-24(29-25(27-23)17-9-10-17)22(18-11-12-19(13-18)28(2)3)21(15)16-7-5-4-6-8-16/h4-8,17-19H,9-13H2,1-3H3/t18-,19+/m1/s1. The van der Waals surface area contributed by atoms with Gasteiger partial charge in [-0.05, 0) is 75.7 Å². The van der Waals surface area contributed by atoms with Gasteiger partial charge >= 0.3 is 0 Å². The minimum absolute atomic E-state index is 0.423. The van der Waals surface area contributed by atoms with Gasteiger partial charge in [0.25, 0.3) is 0 Å². The van der Waals surface area contributed by atoms with Crippen LogP contribution in [-0.4, -0.2) is 30.0 Å². The molecule has 3 aromatic rings. The third-order valence-corrected chi connectivity index (χ3v) is 6.79. The van der Waals surface area contributed by atoms with E-state index in [1.165, 1.54) is 17.5 Å². The Kier molecular flexibility index (Phi) is 4.44. The average molecular weight is 386 g/mol. The van der Waals surface area contributed by atoms with E-state index in [9.17, 15) is 5.26 Å². The molecule has 2 aliphatic rings. The molecule has 0 N–H and O–H groups in total. The van der Waals surface area contributed by atoms with E-state index in [-0.39, 0.29) is 0 Å². The number of nitrogens with zero attached hydrogens (tertiary/aromatic N) is 3. The molecule has 0 radical (unpaired) electrons. The smallest absolute Gasteiger partial charge is 0.198 e. The summed E-state index contributed by atoms with van der Waals surface area (Å²) in [6, 6.07) is 13.5. The second-order valence-corrected chi connectivity index (χ2v) is 8.90. The molecule has 29 heavy (non-hydrogen) atoms. The molecule has 0 aliphatic heterocycles. The predicted molar refractivity (Wildman–Crippen MR) is 115 cm³/mol. The van der Waals surface area contributed by atoms with Crippen LogP contribution in [0.25, 0.3) is 22.2 Å². The van der Waals surface area contributed by atoms with Crippen molar-refractivity contribution in [1.82, 2.24) is 9.88 Å². The van der Waals surface area contributed by atoms with Crippen LogP contribution in [0, 0.1) is 18.3 Å². The van der Waals surface area contributed by atoms with Crippen LogP contribution < -0.4 is 0 Å². The van der Waals surface area contributed by atoms with Gasteiger partial charge in [0, 0.05) is 17.5 Å². The first-order chi connectivity index (χ1) is 14.1. The third kappa shape index (κ3) is 3.05. The Morgan fingerprint density at radius 2 is 1.79 bits per heavy atom. The summed E-state index contributed by atoms with van der Waals surface area (Å²) in [5, 5.41) is 9.98. The lowest BCUT2D eigenvalue weighted by Gasteiger charge is -2.22. The molecule has 2 aliphatic carbocycles. The Balaban J connectivity index is 1.79. The maximum Gasteiger partial charge on any atom is 0.198 e. The first-order valence-electron chi connectivity index (χ1n) is 10.7. The maximum atomic E-state index is 9.98. The van der Waals surface area contributed by atoms with Crippen molar-refractivity contribution in [3.8, 4) is 17.2 Å². The molecule has 5 rings (SSSR count). The summed E-state index contributed by atoms with van der Waals surface area (Å²) < 4.78 is 6.42. The monoisotopic (exact) mass is 385 g/mol. The molecule has 2 aromatic carbocycles. The highest BCUT2D eigenvalue weighted by Crippen LogP contribution is 2.48. The minimum Gasteiger partial charge on any atom is -0.440 e. The van der Waals surface area contributed by atoms with Crippen molar-refractivity contribution in [3.63, 3.8) is 0 Å². The van der Waals surface area contributed by atoms with Gasteiger partial charge in [0.2, 0.25) is 0 Å². The highest BCUT2D eigenvalue weighted by Gasteiger charge is 2.35. The van der Waals surface area contributed by atoms with Crippen molar-refractivity contribution in [3.05, 3.63) is 52.9 Å². The molecule has 148 valence electrons. The number of nitriles is 1. The Morgan fingerprint density at radius 1 is 1.07 bits per heavy atom. The zero-order valence-electron chi connectivity index (χ0n) is 17.4. The van der Waals surface area contributed by atoms with Crippen molar-refractivity contribution in [2.24, 2.45) is 0 Å². The van der Waals surface area contributed by atoms with Gasteiger partial charge in [-0.2, -0.15) is 5.26 Å². The molecule has 2 saturated carbocycles. The van der Waals surface area contributed by atoms with Crippen molar-refractivity contribution in [2.75, 3.05) is 14.1 Å². The summed E-state index contributed by atoms with van der Waals surface area (Å²) in [5.74, 6) is 1.68. The van der Waals surface area contributed by atoms with Crippen LogP contribution in [0.15, 0.2) is 34.7 Å². The fourth-order valence-electron chi connectivity index (χ4n) is 5.00. The van der Waals surface area contributed by atoms with E-state index < -0.39 is 0 Å². The molecule has 2 fully saturated rings. The summed E-state index contributed by atoms with van der Waals surface area (Å²) in [7, 11) is 4.34. The maximum absolute atomic E-state index is 9.98. The van der Waals surface area contributed by atoms with Crippen molar-refractivity contribution < 1.29 is 4.42 Å². The zero-order valence-corrected chi connectivity index (χ0v) is 17.4. The van der Waals surface area contributed by atoms with Crippen molar-refractivity contribution in [2.45, 2.75) is 56.9 Å². The molecular formula is C25H27N3O. The molecular weight excluding hydrogens is 358 g/mol. The second kappa shape index (κ2) is 7.00. The summed E-state index contributed by atoms with van der Waals surface area (Å²) >= 11 is 0. The van der Waals surface area contributed by atoms with Crippen molar-refractivity contribution in [1.29, 1.82) is 5.26 Å². The van der Waals surface area contributed by atoms with Gasteiger partial charge in [-0.3, -0.25) is 0 Å². The Hall–Kier alpha value is -2.64. The van der Waals surface area contributed by atoms with E-state index >= 15 is 0 Å². The number of benzene rings is 2. The molecule has 0 unspecified atom stereocenters. The SMILES string of the molecule is Cc1c(-c2ccccc2)c([C@@H]2CC[C@H](N(C)C)C2)c2oc(C3CC3)nc2c1C#N. The van der Waals surface area contributed by atoms with Crippen LogP contribution in [0.4, 0.5) is 0 Å². The molecule has 0 bridgehead atoms. The zero-order chi connectivity index (χ0) is 20.1. The lowest BCUT2D eigenvalue weighted by molar-refractivity contribution is 0.296. The molecule has 0 spiro atoms. The Labute approximate surface area is 172 Å². The highest BCUT2D eigenvalue weighted by atomic mass is 16.3. The van der Waals surface area contributed by atoms with Crippen LogP contribution in [0.2, 0.25) is 0 Å². The quantitative estimate of drug-likeness (QED) is 0.574. The lowest BCUT2D eigenvalue weighted by Crippen LogP contribution is -2.24. The predicted octanol–water partition coefficient (Wildman–Crippen LogP) is 5.75. The summed E-state index contributed by atoms with van der Waals surface area (Å²) in [5.41, 5.74) is 6.94. The van der Waals surface area contributed by atoms with Gasteiger partial charge in [0.1, 0.15) is 11.6 Å². The van der Waals surface area contributed by atoms with Crippen LogP contribution in [0.1, 0.15) is 66.5 Å². The van der Waals surface area contributed by atoms with E-state index in [0.717, 1.165) is 53.8 Å². The summed E-state index contributed by atoms with van der Waals surface area (Å²) in [6.45, 7) is 2.08. The van der Waals surface area contributed by atoms with E-state index in [1.807, 2.05) is 6.07 Å². The fraction of sp³-hybridized carbons (Fsp3) is 0.440. The summed E-state index contributed by atoms with van der Waals surface area (Å²) in [4.78, 5) is 7.17. The first kappa shape index (κ1) is 18.4. The van der Waals surface area contributed by atoms with Gasteiger partial charge in [-0.15, -0.1) is 0 Å². The number of aromatic nitrogens is 1. The van der Waals surface area contributed by atoms with Crippen LogP contribution in [0.5, 0.6) is 0 Å². The average Bonchev–Trinajstić information content (AvgIpc) is 3.29. The molecule has 1 aromatic heterocycles. The Morgan fingerprint density at radius 3 is 2.41 bits per heavy atom. The molecule has 4 heteroatoms. The third-order valence-electron chi connectivity index (χ3n) is 6.79. The first-order valence-corrected chi connectivity index (χ1v) is 10.7. The molecule has 2 atom stereocenters. The summed E-state index contributed by atoms with van der Waals surface area (Å²) in [6.07, 6.45) is 5.73. The lowest BCUT2D eigenvalue weighted by atomic mass is 9.84. The largest absolute Gasteiger partial charge is 0.440 e. The molecule has 0 saturated heterocycles. The normalized spacial score (nSPS) is 21.8. The molecule has 0 amide bonds. The van der Waals surface area contributed by atoms with E-state index in [2.05, 4.69) is 56.3 Å². The topological polar surface area (TPSA) is 53.1 Å². The van der Waals surface area contributed by atoms with Crippen molar-refractivity contribution >= 4 is 11.1 Å². The highest BCUT2D eigenvalue weighted by molar-refractivity contribution is 5.93.